The second-order valence-electron chi connectivity index (χ2n) is 14.6. The Kier molecular flexibility index (Phi) is 7.06. The summed E-state index contributed by atoms with van der Waals surface area (Å²) in [5.74, 6) is 0.663. The average molecular weight is 745 g/mol. The minimum Gasteiger partial charge on any atom is -0.309 e. The number of hydrogen-bond acceptors (Lipinski definition) is 3. The van der Waals surface area contributed by atoms with Crippen LogP contribution in [0.2, 0.25) is 0 Å². The smallest absolute Gasteiger partial charge is 0.235 e. The summed E-state index contributed by atoms with van der Waals surface area (Å²) in [7, 11) is 0. The minimum absolute atomic E-state index is 0.663. The van der Waals surface area contributed by atoms with Crippen molar-refractivity contribution in [3.8, 4) is 44.5 Å². The molecule has 12 rings (SSSR count). The van der Waals surface area contributed by atoms with Crippen LogP contribution in [0.4, 0.5) is 0 Å². The molecule has 4 aromatic heterocycles. The standard InChI is InChI=1S/C52H32N4S/c1-4-16-34(17-5-1)47-32-43-51(57-47)49(35-18-6-2-7-19-35)54-52(53-43)56-45-30-28-36(31-42(45)40-29-27-33-15-10-11-22-39(33)50(40)56)38-24-14-26-46-48(38)41-23-12-13-25-44(41)55(46)37-20-8-3-9-21-37/h1-32H. The fraction of sp³-hybridized carbons (Fsp3) is 0. The van der Waals surface area contributed by atoms with Crippen LogP contribution >= 0.6 is 11.3 Å². The van der Waals surface area contributed by atoms with Gasteiger partial charge in [-0.2, -0.15) is 0 Å². The van der Waals surface area contributed by atoms with Crippen molar-refractivity contribution in [3.63, 3.8) is 0 Å². The van der Waals surface area contributed by atoms with E-state index >= 15 is 0 Å². The highest BCUT2D eigenvalue weighted by Gasteiger charge is 2.22. The van der Waals surface area contributed by atoms with Gasteiger partial charge in [-0.15, -0.1) is 11.3 Å². The quantitative estimate of drug-likeness (QED) is 0.176. The molecular formula is C52H32N4S. The van der Waals surface area contributed by atoms with Gasteiger partial charge in [0.15, 0.2) is 0 Å². The van der Waals surface area contributed by atoms with E-state index in [2.05, 4.69) is 203 Å². The largest absolute Gasteiger partial charge is 0.309 e. The van der Waals surface area contributed by atoms with Gasteiger partial charge in [-0.25, -0.2) is 9.97 Å². The Hall–Kier alpha value is -7.34. The first kappa shape index (κ1) is 32.0. The van der Waals surface area contributed by atoms with Crippen LogP contribution in [-0.2, 0) is 0 Å². The molecule has 0 bridgehead atoms. The van der Waals surface area contributed by atoms with Crippen molar-refractivity contribution in [1.82, 2.24) is 19.1 Å². The molecule has 5 heteroatoms. The number of benzene rings is 8. The van der Waals surface area contributed by atoms with E-state index in [4.69, 9.17) is 9.97 Å². The molecule has 0 saturated carbocycles. The third kappa shape index (κ3) is 4.93. The van der Waals surface area contributed by atoms with Crippen molar-refractivity contribution in [1.29, 1.82) is 0 Å². The summed E-state index contributed by atoms with van der Waals surface area (Å²) in [5.41, 5.74) is 12.2. The summed E-state index contributed by atoms with van der Waals surface area (Å²) in [6.45, 7) is 0. The molecule has 4 nitrogen and oxygen atoms in total. The van der Waals surface area contributed by atoms with Gasteiger partial charge in [0, 0.05) is 43.1 Å². The summed E-state index contributed by atoms with van der Waals surface area (Å²) < 4.78 is 5.76. The number of rotatable bonds is 5. The van der Waals surface area contributed by atoms with E-state index in [0.717, 1.165) is 43.6 Å². The third-order valence-corrected chi connectivity index (χ3v) is 12.5. The SMILES string of the molecule is c1ccc(-c2cc3nc(-n4c5ccc(-c6cccc7c6c6ccccc6n7-c6ccccc6)cc5c5ccc6ccccc6c54)nc(-c4ccccc4)c3s2)cc1. The van der Waals surface area contributed by atoms with Crippen LogP contribution in [-0.4, -0.2) is 19.1 Å². The van der Waals surface area contributed by atoms with Crippen LogP contribution in [0, 0.1) is 0 Å². The Morgan fingerprint density at radius 2 is 1.11 bits per heavy atom. The van der Waals surface area contributed by atoms with E-state index < -0.39 is 0 Å². The highest BCUT2D eigenvalue weighted by Crippen LogP contribution is 2.43. The fourth-order valence-corrected chi connectivity index (χ4v) is 9.94. The predicted molar refractivity (Wildman–Crippen MR) is 240 cm³/mol. The Bertz CT molecular complexity index is 3510. The maximum absolute atomic E-state index is 5.47. The van der Waals surface area contributed by atoms with Crippen LogP contribution in [0.1, 0.15) is 0 Å². The summed E-state index contributed by atoms with van der Waals surface area (Å²) in [6.07, 6.45) is 0. The van der Waals surface area contributed by atoms with Crippen molar-refractivity contribution in [2.24, 2.45) is 0 Å². The van der Waals surface area contributed by atoms with Crippen LogP contribution in [0.3, 0.4) is 0 Å². The van der Waals surface area contributed by atoms with E-state index in [9.17, 15) is 0 Å². The van der Waals surface area contributed by atoms with Gasteiger partial charge in [-0.1, -0.05) is 152 Å². The molecule has 57 heavy (non-hydrogen) atoms. The lowest BCUT2D eigenvalue weighted by molar-refractivity contribution is 1.02. The lowest BCUT2D eigenvalue weighted by atomic mass is 9.97. The number of fused-ring (bicyclic) bond motifs is 9. The van der Waals surface area contributed by atoms with E-state index in [1.165, 1.54) is 59.5 Å². The molecular weight excluding hydrogens is 713 g/mol. The molecule has 0 aliphatic heterocycles. The fourth-order valence-electron chi connectivity index (χ4n) is 8.82. The summed E-state index contributed by atoms with van der Waals surface area (Å²) >= 11 is 1.75. The van der Waals surface area contributed by atoms with Crippen molar-refractivity contribution < 1.29 is 0 Å². The average Bonchev–Trinajstić information content (AvgIpc) is 3.97. The molecule has 0 N–H and O–H groups in total. The number of hydrogen-bond donors (Lipinski definition) is 0. The number of thiophene rings is 1. The van der Waals surface area contributed by atoms with Gasteiger partial charge in [0.05, 0.1) is 38.0 Å². The first-order chi connectivity index (χ1) is 28.3. The molecule has 0 spiro atoms. The Balaban J connectivity index is 1.15. The van der Waals surface area contributed by atoms with Gasteiger partial charge in [0.1, 0.15) is 0 Å². The molecule has 0 saturated heterocycles. The molecule has 266 valence electrons. The normalized spacial score (nSPS) is 11.9. The van der Waals surface area contributed by atoms with E-state index in [0.29, 0.717) is 5.95 Å². The summed E-state index contributed by atoms with van der Waals surface area (Å²) in [6, 6.07) is 69.5. The van der Waals surface area contributed by atoms with Crippen LogP contribution in [0.25, 0.3) is 109 Å². The molecule has 0 amide bonds. The number of aromatic nitrogens is 4. The van der Waals surface area contributed by atoms with Crippen LogP contribution < -0.4 is 0 Å². The minimum atomic E-state index is 0.663. The van der Waals surface area contributed by atoms with E-state index in [-0.39, 0.29) is 0 Å². The molecule has 0 radical (unpaired) electrons. The van der Waals surface area contributed by atoms with Gasteiger partial charge < -0.3 is 4.57 Å². The van der Waals surface area contributed by atoms with Crippen molar-refractivity contribution in [2.45, 2.75) is 0 Å². The monoisotopic (exact) mass is 744 g/mol. The maximum atomic E-state index is 5.47. The number of para-hydroxylation sites is 2. The van der Waals surface area contributed by atoms with Crippen molar-refractivity contribution in [2.75, 3.05) is 0 Å². The van der Waals surface area contributed by atoms with Gasteiger partial charge in [-0.05, 0) is 64.5 Å². The molecule has 0 aliphatic rings. The summed E-state index contributed by atoms with van der Waals surface area (Å²) in [5, 5.41) is 7.17. The molecule has 4 heterocycles. The van der Waals surface area contributed by atoms with Crippen molar-refractivity contribution in [3.05, 3.63) is 194 Å². The van der Waals surface area contributed by atoms with Gasteiger partial charge >= 0.3 is 0 Å². The molecule has 12 aromatic rings. The molecule has 0 aliphatic carbocycles. The van der Waals surface area contributed by atoms with E-state index in [1.54, 1.807) is 11.3 Å². The first-order valence-corrected chi connectivity index (χ1v) is 20.1. The Morgan fingerprint density at radius 3 is 1.93 bits per heavy atom. The highest BCUT2D eigenvalue weighted by atomic mass is 32.1. The van der Waals surface area contributed by atoms with Crippen LogP contribution in [0.15, 0.2) is 194 Å². The van der Waals surface area contributed by atoms with E-state index in [1.807, 2.05) is 0 Å². The van der Waals surface area contributed by atoms with Crippen molar-refractivity contribution >= 4 is 75.9 Å². The molecule has 0 unspecified atom stereocenters. The predicted octanol–water partition coefficient (Wildman–Crippen LogP) is 14.0. The summed E-state index contributed by atoms with van der Waals surface area (Å²) in [4.78, 5) is 12.1. The molecule has 0 atom stereocenters. The van der Waals surface area contributed by atoms with Gasteiger partial charge in [0.2, 0.25) is 5.95 Å². The first-order valence-electron chi connectivity index (χ1n) is 19.3. The Morgan fingerprint density at radius 1 is 0.421 bits per heavy atom. The van der Waals surface area contributed by atoms with Gasteiger partial charge in [-0.3, -0.25) is 4.57 Å². The maximum Gasteiger partial charge on any atom is 0.235 e. The zero-order valence-corrected chi connectivity index (χ0v) is 31.5. The lowest BCUT2D eigenvalue weighted by Crippen LogP contribution is -2.03. The second kappa shape index (κ2) is 12.6. The zero-order valence-electron chi connectivity index (χ0n) is 30.7. The second-order valence-corrected chi connectivity index (χ2v) is 15.6. The lowest BCUT2D eigenvalue weighted by Gasteiger charge is -2.11. The topological polar surface area (TPSA) is 35.6 Å². The van der Waals surface area contributed by atoms with Gasteiger partial charge in [0.25, 0.3) is 0 Å². The molecule has 0 fully saturated rings. The number of nitrogens with zero attached hydrogens (tertiary/aromatic N) is 4. The zero-order chi connectivity index (χ0) is 37.5. The molecule has 8 aromatic carbocycles. The Labute approximate surface area is 332 Å². The highest BCUT2D eigenvalue weighted by molar-refractivity contribution is 7.22. The third-order valence-electron chi connectivity index (χ3n) is 11.3. The van der Waals surface area contributed by atoms with Crippen LogP contribution in [0.5, 0.6) is 0 Å².